The van der Waals surface area contributed by atoms with Crippen LogP contribution in [0.15, 0.2) is 29.2 Å². The fraction of sp³-hybridized carbons (Fsp3) is 0.571. The van der Waals surface area contributed by atoms with Gasteiger partial charge in [0.05, 0.1) is 10.6 Å². The van der Waals surface area contributed by atoms with E-state index in [2.05, 4.69) is 25.8 Å². The van der Waals surface area contributed by atoms with Crippen molar-refractivity contribution in [3.63, 3.8) is 0 Å². The highest BCUT2D eigenvalue weighted by Crippen LogP contribution is 2.13. The second kappa shape index (κ2) is 6.34. The lowest BCUT2D eigenvalue weighted by Gasteiger charge is -2.20. The third kappa shape index (κ3) is 4.10. The minimum Gasteiger partial charge on any atom is -0.304 e. The summed E-state index contributed by atoms with van der Waals surface area (Å²) in [6, 6.07) is 7.78. The van der Waals surface area contributed by atoms with Crippen LogP contribution in [0.4, 0.5) is 0 Å². The van der Waals surface area contributed by atoms with Gasteiger partial charge in [0.1, 0.15) is 0 Å². The molecule has 0 saturated heterocycles. The van der Waals surface area contributed by atoms with Crippen LogP contribution in [0.25, 0.3) is 0 Å². The van der Waals surface area contributed by atoms with E-state index in [1.807, 2.05) is 12.1 Å². The molecule has 0 N–H and O–H groups in total. The molecule has 1 aromatic carbocycles. The Morgan fingerprint density at radius 2 is 1.72 bits per heavy atom. The highest BCUT2D eigenvalue weighted by atomic mass is 32.2. The van der Waals surface area contributed by atoms with Gasteiger partial charge in [-0.25, -0.2) is 8.42 Å². The molecule has 0 unspecified atom stereocenters. The molecule has 0 aliphatic heterocycles. The minimum absolute atomic E-state index is 0.155. The van der Waals surface area contributed by atoms with Gasteiger partial charge in [0.25, 0.3) is 0 Å². The molecule has 0 fully saturated rings. The van der Waals surface area contributed by atoms with Crippen LogP contribution in [0.1, 0.15) is 26.3 Å². The van der Waals surface area contributed by atoms with Gasteiger partial charge in [0, 0.05) is 12.6 Å². The van der Waals surface area contributed by atoms with Gasteiger partial charge in [-0.1, -0.05) is 19.1 Å². The molecule has 1 aromatic rings. The van der Waals surface area contributed by atoms with Crippen LogP contribution < -0.4 is 0 Å². The minimum atomic E-state index is -3.07. The van der Waals surface area contributed by atoms with Crippen LogP contribution in [0, 0.1) is 0 Å². The van der Waals surface area contributed by atoms with Crippen molar-refractivity contribution in [1.29, 1.82) is 0 Å². The van der Waals surface area contributed by atoms with Gasteiger partial charge in [-0.3, -0.25) is 0 Å². The molecule has 0 aromatic heterocycles. The Bertz CT molecular complexity index is 463. The number of hydrogen-bond acceptors (Lipinski definition) is 3. The fourth-order valence-electron chi connectivity index (χ4n) is 1.59. The molecule has 0 heterocycles. The number of hydrogen-bond donors (Lipinski definition) is 0. The van der Waals surface area contributed by atoms with E-state index in [1.54, 1.807) is 19.1 Å². The summed E-state index contributed by atoms with van der Waals surface area (Å²) in [4.78, 5) is 2.70. The second-order valence-corrected chi connectivity index (χ2v) is 7.15. The van der Waals surface area contributed by atoms with E-state index in [4.69, 9.17) is 0 Å². The number of sulfone groups is 1. The van der Waals surface area contributed by atoms with E-state index in [0.717, 1.165) is 13.0 Å². The summed E-state index contributed by atoms with van der Waals surface area (Å²) in [5.74, 6) is 0.155. The lowest BCUT2D eigenvalue weighted by molar-refractivity contribution is 0.277. The number of rotatable bonds is 6. The molecule has 0 atom stereocenters. The summed E-state index contributed by atoms with van der Waals surface area (Å²) >= 11 is 0. The third-order valence-electron chi connectivity index (χ3n) is 3.30. The van der Waals surface area contributed by atoms with Crippen LogP contribution in [0.3, 0.4) is 0 Å². The second-order valence-electron chi connectivity index (χ2n) is 4.87. The SMILES string of the molecule is CCS(=O)(=O)c1ccc(CCN(C)C(C)C)cc1. The monoisotopic (exact) mass is 269 g/mol. The standard InChI is InChI=1S/C14H23NO2S/c1-5-18(16,17)14-8-6-13(7-9-14)10-11-15(4)12(2)3/h6-9,12H,5,10-11H2,1-4H3. The van der Waals surface area contributed by atoms with Gasteiger partial charge in [-0.05, 0) is 45.0 Å². The third-order valence-corrected chi connectivity index (χ3v) is 5.05. The molecule has 0 amide bonds. The molecule has 0 bridgehead atoms. The molecule has 1 rings (SSSR count). The number of nitrogens with zero attached hydrogens (tertiary/aromatic N) is 1. The molecular formula is C14H23NO2S. The Labute approximate surface area is 111 Å². The van der Waals surface area contributed by atoms with Crippen LogP contribution in [-0.4, -0.2) is 38.7 Å². The van der Waals surface area contributed by atoms with Crippen molar-refractivity contribution >= 4 is 9.84 Å². The Hall–Kier alpha value is -0.870. The molecule has 3 nitrogen and oxygen atoms in total. The average Bonchev–Trinajstić information content (AvgIpc) is 2.36. The Morgan fingerprint density at radius 1 is 1.17 bits per heavy atom. The summed E-state index contributed by atoms with van der Waals surface area (Å²) in [6.45, 7) is 6.98. The first-order valence-corrected chi connectivity index (χ1v) is 8.04. The molecule has 0 aliphatic carbocycles. The summed E-state index contributed by atoms with van der Waals surface area (Å²) < 4.78 is 23.3. The van der Waals surface area contributed by atoms with E-state index in [-0.39, 0.29) is 5.75 Å². The van der Waals surface area contributed by atoms with Crippen LogP contribution in [-0.2, 0) is 16.3 Å². The van der Waals surface area contributed by atoms with Gasteiger partial charge >= 0.3 is 0 Å². The van der Waals surface area contributed by atoms with Gasteiger partial charge < -0.3 is 4.90 Å². The van der Waals surface area contributed by atoms with Gasteiger partial charge in [0.15, 0.2) is 9.84 Å². The van der Waals surface area contributed by atoms with Crippen molar-refractivity contribution in [3.8, 4) is 0 Å². The maximum absolute atomic E-state index is 11.7. The Kier molecular flexibility index (Phi) is 5.35. The zero-order chi connectivity index (χ0) is 13.8. The lowest BCUT2D eigenvalue weighted by Crippen LogP contribution is -2.28. The Balaban J connectivity index is 2.67. The number of benzene rings is 1. The Morgan fingerprint density at radius 3 is 2.17 bits per heavy atom. The van der Waals surface area contributed by atoms with Crippen molar-refractivity contribution in [1.82, 2.24) is 4.90 Å². The fourth-order valence-corrected chi connectivity index (χ4v) is 2.48. The van der Waals surface area contributed by atoms with E-state index < -0.39 is 9.84 Å². The highest BCUT2D eigenvalue weighted by molar-refractivity contribution is 7.91. The number of likely N-dealkylation sites (N-methyl/N-ethyl adjacent to an activating group) is 1. The van der Waals surface area contributed by atoms with Crippen LogP contribution in [0.2, 0.25) is 0 Å². The van der Waals surface area contributed by atoms with Crippen LogP contribution >= 0.6 is 0 Å². The maximum atomic E-state index is 11.7. The van der Waals surface area contributed by atoms with E-state index in [1.165, 1.54) is 5.56 Å². The van der Waals surface area contributed by atoms with Crippen molar-refractivity contribution in [2.75, 3.05) is 19.3 Å². The molecule has 0 radical (unpaired) electrons. The molecule has 18 heavy (non-hydrogen) atoms. The van der Waals surface area contributed by atoms with Gasteiger partial charge in [-0.15, -0.1) is 0 Å². The summed E-state index contributed by atoms with van der Waals surface area (Å²) in [6.07, 6.45) is 0.946. The summed E-state index contributed by atoms with van der Waals surface area (Å²) in [5.41, 5.74) is 1.18. The summed E-state index contributed by atoms with van der Waals surface area (Å²) in [5, 5.41) is 0. The molecule has 0 saturated carbocycles. The van der Waals surface area contributed by atoms with E-state index in [0.29, 0.717) is 10.9 Å². The quantitative estimate of drug-likeness (QED) is 0.795. The topological polar surface area (TPSA) is 37.4 Å². The van der Waals surface area contributed by atoms with Gasteiger partial charge in [0.2, 0.25) is 0 Å². The van der Waals surface area contributed by atoms with Crippen molar-refractivity contribution in [2.24, 2.45) is 0 Å². The van der Waals surface area contributed by atoms with Crippen LogP contribution in [0.5, 0.6) is 0 Å². The smallest absolute Gasteiger partial charge is 0.178 e. The average molecular weight is 269 g/mol. The lowest BCUT2D eigenvalue weighted by atomic mass is 10.1. The first-order chi connectivity index (χ1) is 8.36. The van der Waals surface area contributed by atoms with E-state index in [9.17, 15) is 8.42 Å². The first-order valence-electron chi connectivity index (χ1n) is 6.38. The molecule has 4 heteroatoms. The predicted molar refractivity (Wildman–Crippen MR) is 75.6 cm³/mol. The normalized spacial score (nSPS) is 12.3. The maximum Gasteiger partial charge on any atom is 0.178 e. The van der Waals surface area contributed by atoms with Crippen molar-refractivity contribution < 1.29 is 8.42 Å². The first kappa shape index (κ1) is 15.2. The largest absolute Gasteiger partial charge is 0.304 e. The van der Waals surface area contributed by atoms with Crippen molar-refractivity contribution in [3.05, 3.63) is 29.8 Å². The zero-order valence-electron chi connectivity index (χ0n) is 11.7. The molecule has 0 spiro atoms. The molecule has 102 valence electrons. The molecular weight excluding hydrogens is 246 g/mol. The zero-order valence-corrected chi connectivity index (χ0v) is 12.5. The van der Waals surface area contributed by atoms with Crippen molar-refractivity contribution in [2.45, 2.75) is 38.1 Å². The molecule has 0 aliphatic rings. The van der Waals surface area contributed by atoms with Gasteiger partial charge in [-0.2, -0.15) is 0 Å². The predicted octanol–water partition coefficient (Wildman–Crippen LogP) is 2.36. The highest BCUT2D eigenvalue weighted by Gasteiger charge is 2.10. The summed E-state index contributed by atoms with van der Waals surface area (Å²) in [7, 11) is -0.972. The van der Waals surface area contributed by atoms with E-state index >= 15 is 0 Å².